The fraction of sp³-hybridized carbons (Fsp3) is 0.533. The van der Waals surface area contributed by atoms with Gasteiger partial charge in [-0.15, -0.1) is 0 Å². The summed E-state index contributed by atoms with van der Waals surface area (Å²) in [5.74, 6) is 0.811. The lowest BCUT2D eigenvalue weighted by molar-refractivity contribution is 0.0636. The van der Waals surface area contributed by atoms with Gasteiger partial charge < -0.3 is 9.47 Å². The van der Waals surface area contributed by atoms with Crippen LogP contribution in [0.3, 0.4) is 0 Å². The lowest BCUT2D eigenvalue weighted by Gasteiger charge is -2.20. The molecule has 0 aliphatic rings. The molecule has 0 aliphatic heterocycles. The average molecular weight is 344 g/mol. The maximum atomic E-state index is 11.7. The van der Waals surface area contributed by atoms with Crippen LogP contribution in [-0.2, 0) is 11.2 Å². The Morgan fingerprint density at radius 1 is 1.40 bits per heavy atom. The summed E-state index contributed by atoms with van der Waals surface area (Å²) < 4.78 is 10.6. The molecule has 1 aromatic carbocycles. The Balaban J connectivity index is 2.83. The average Bonchev–Trinajstić information content (AvgIpc) is 2.25. The highest BCUT2D eigenvalue weighted by molar-refractivity contribution is 9.09. The minimum atomic E-state index is -0.510. The summed E-state index contributed by atoms with van der Waals surface area (Å²) in [6.07, 6.45) is 0.355. The van der Waals surface area contributed by atoms with Crippen molar-refractivity contribution in [3.8, 4) is 5.75 Å². The predicted molar refractivity (Wildman–Crippen MR) is 84.9 cm³/mol. The van der Waals surface area contributed by atoms with E-state index in [1.807, 2.05) is 32.9 Å². The van der Waals surface area contributed by atoms with Gasteiger partial charge in [-0.3, -0.25) is 5.32 Å². The van der Waals surface area contributed by atoms with Crippen LogP contribution in [0.5, 0.6) is 5.75 Å². The number of benzene rings is 1. The van der Waals surface area contributed by atoms with Gasteiger partial charge >= 0.3 is 6.09 Å². The van der Waals surface area contributed by atoms with Crippen molar-refractivity contribution in [1.82, 2.24) is 0 Å². The van der Waals surface area contributed by atoms with E-state index in [1.165, 1.54) is 0 Å². The van der Waals surface area contributed by atoms with Gasteiger partial charge in [0.1, 0.15) is 11.4 Å². The van der Waals surface area contributed by atoms with Crippen LogP contribution in [0, 0.1) is 0 Å². The summed E-state index contributed by atoms with van der Waals surface area (Å²) in [5, 5.41) is 2.73. The van der Waals surface area contributed by atoms with Gasteiger partial charge in [0.2, 0.25) is 0 Å². The smallest absolute Gasteiger partial charge is 0.412 e. The first-order valence-electron chi connectivity index (χ1n) is 6.52. The third kappa shape index (κ3) is 5.82. The number of anilines is 1. The van der Waals surface area contributed by atoms with E-state index in [0.717, 1.165) is 17.7 Å². The number of halogens is 1. The fourth-order valence-corrected chi connectivity index (χ4v) is 2.09. The molecule has 1 unspecified atom stereocenters. The van der Waals surface area contributed by atoms with Gasteiger partial charge in [-0.05, 0) is 51.0 Å². The molecule has 0 aliphatic carbocycles. The minimum absolute atomic E-state index is 0.327. The maximum Gasteiger partial charge on any atom is 0.412 e. The molecular weight excluding hydrogens is 322 g/mol. The van der Waals surface area contributed by atoms with Gasteiger partial charge in [0, 0.05) is 10.5 Å². The summed E-state index contributed by atoms with van der Waals surface area (Å²) in [7, 11) is 1.64. The Morgan fingerprint density at radius 3 is 2.55 bits per heavy atom. The van der Waals surface area contributed by atoms with E-state index in [0.29, 0.717) is 10.5 Å². The van der Waals surface area contributed by atoms with Crippen molar-refractivity contribution in [2.45, 2.75) is 44.5 Å². The summed E-state index contributed by atoms with van der Waals surface area (Å²) in [6.45, 7) is 7.56. The quantitative estimate of drug-likeness (QED) is 0.825. The molecule has 0 saturated carbocycles. The van der Waals surface area contributed by atoms with E-state index in [2.05, 4.69) is 28.2 Å². The van der Waals surface area contributed by atoms with Crippen molar-refractivity contribution in [2.75, 3.05) is 12.4 Å². The Hall–Kier alpha value is -1.23. The molecule has 5 heteroatoms. The molecule has 1 amide bonds. The highest BCUT2D eigenvalue weighted by Gasteiger charge is 2.16. The standard InChI is InChI=1S/C15H22BrNO3/c1-10(16)8-11-9-12(6-7-13(11)19-5)17-14(18)20-15(2,3)4/h6-7,9-10H,8H2,1-5H3,(H,17,18). The zero-order valence-corrected chi connectivity index (χ0v) is 14.2. The Morgan fingerprint density at radius 2 is 2.05 bits per heavy atom. The second-order valence-electron chi connectivity index (χ2n) is 5.64. The van der Waals surface area contributed by atoms with E-state index in [-0.39, 0.29) is 0 Å². The van der Waals surface area contributed by atoms with Crippen LogP contribution in [-0.4, -0.2) is 23.6 Å². The molecule has 4 nitrogen and oxygen atoms in total. The van der Waals surface area contributed by atoms with E-state index in [4.69, 9.17) is 9.47 Å². The van der Waals surface area contributed by atoms with Crippen molar-refractivity contribution < 1.29 is 14.3 Å². The van der Waals surface area contributed by atoms with Crippen molar-refractivity contribution in [3.63, 3.8) is 0 Å². The number of hydrogen-bond donors (Lipinski definition) is 1. The topological polar surface area (TPSA) is 47.6 Å². The van der Waals surface area contributed by atoms with E-state index in [1.54, 1.807) is 13.2 Å². The summed E-state index contributed by atoms with van der Waals surface area (Å²) >= 11 is 3.52. The molecule has 0 heterocycles. The second kappa shape index (κ2) is 6.97. The number of hydrogen-bond acceptors (Lipinski definition) is 3. The van der Waals surface area contributed by atoms with Crippen LogP contribution >= 0.6 is 15.9 Å². The number of alkyl halides is 1. The molecule has 0 aromatic heterocycles. The Kier molecular flexibility index (Phi) is 5.87. The first-order valence-corrected chi connectivity index (χ1v) is 7.44. The van der Waals surface area contributed by atoms with Crippen molar-refractivity contribution >= 4 is 27.7 Å². The third-order valence-electron chi connectivity index (χ3n) is 2.43. The van der Waals surface area contributed by atoms with Crippen molar-refractivity contribution in [2.24, 2.45) is 0 Å². The lowest BCUT2D eigenvalue weighted by Crippen LogP contribution is -2.27. The van der Waals surface area contributed by atoms with Crippen LogP contribution in [0.15, 0.2) is 18.2 Å². The van der Waals surface area contributed by atoms with E-state index >= 15 is 0 Å². The zero-order chi connectivity index (χ0) is 15.3. The SMILES string of the molecule is COc1ccc(NC(=O)OC(C)(C)C)cc1CC(C)Br. The molecule has 1 N–H and O–H groups in total. The van der Waals surface area contributed by atoms with Gasteiger partial charge in [-0.25, -0.2) is 4.79 Å². The van der Waals surface area contributed by atoms with Crippen LogP contribution in [0.1, 0.15) is 33.3 Å². The number of carbonyl (C=O) groups excluding carboxylic acids is 1. The Labute approximate surface area is 129 Å². The Bertz CT molecular complexity index is 467. The number of amides is 1. The van der Waals surface area contributed by atoms with Crippen LogP contribution in [0.25, 0.3) is 0 Å². The molecule has 20 heavy (non-hydrogen) atoms. The predicted octanol–water partition coefficient (Wildman–Crippen LogP) is 4.37. The molecule has 0 spiro atoms. The molecule has 1 aromatic rings. The van der Waals surface area contributed by atoms with Crippen LogP contribution < -0.4 is 10.1 Å². The van der Waals surface area contributed by atoms with Gasteiger partial charge in [0.25, 0.3) is 0 Å². The minimum Gasteiger partial charge on any atom is -0.496 e. The maximum absolute atomic E-state index is 11.7. The second-order valence-corrected chi connectivity index (χ2v) is 7.20. The fourth-order valence-electron chi connectivity index (χ4n) is 1.74. The summed E-state index contributed by atoms with van der Waals surface area (Å²) in [5.41, 5.74) is 1.22. The van der Waals surface area contributed by atoms with Gasteiger partial charge in [0.15, 0.2) is 0 Å². The van der Waals surface area contributed by atoms with E-state index in [9.17, 15) is 4.79 Å². The molecular formula is C15H22BrNO3. The number of carbonyl (C=O) groups is 1. The molecule has 0 bridgehead atoms. The van der Waals surface area contributed by atoms with Crippen molar-refractivity contribution in [3.05, 3.63) is 23.8 Å². The first kappa shape index (κ1) is 16.8. The normalized spacial score (nSPS) is 12.7. The molecule has 1 rings (SSSR count). The van der Waals surface area contributed by atoms with Crippen molar-refractivity contribution in [1.29, 1.82) is 0 Å². The molecule has 0 fully saturated rings. The van der Waals surface area contributed by atoms with E-state index < -0.39 is 11.7 Å². The highest BCUT2D eigenvalue weighted by atomic mass is 79.9. The number of rotatable bonds is 4. The molecule has 0 radical (unpaired) electrons. The first-order chi connectivity index (χ1) is 9.21. The number of nitrogens with one attached hydrogen (secondary N) is 1. The molecule has 112 valence electrons. The molecule has 1 atom stereocenters. The lowest BCUT2D eigenvalue weighted by atomic mass is 10.1. The summed E-state index contributed by atoms with van der Waals surface area (Å²) in [4.78, 5) is 12.1. The van der Waals surface area contributed by atoms with Crippen LogP contribution in [0.4, 0.5) is 10.5 Å². The van der Waals surface area contributed by atoms with Crippen LogP contribution in [0.2, 0.25) is 0 Å². The highest BCUT2D eigenvalue weighted by Crippen LogP contribution is 2.25. The largest absolute Gasteiger partial charge is 0.496 e. The number of ether oxygens (including phenoxy) is 2. The monoisotopic (exact) mass is 343 g/mol. The van der Waals surface area contributed by atoms with Gasteiger partial charge in [-0.1, -0.05) is 22.9 Å². The van der Waals surface area contributed by atoms with Gasteiger partial charge in [0.05, 0.1) is 7.11 Å². The number of methoxy groups -OCH3 is 1. The molecule has 0 saturated heterocycles. The zero-order valence-electron chi connectivity index (χ0n) is 12.6. The summed E-state index contributed by atoms with van der Waals surface area (Å²) in [6, 6.07) is 5.54. The third-order valence-corrected chi connectivity index (χ3v) is 2.75. The van der Waals surface area contributed by atoms with Gasteiger partial charge in [-0.2, -0.15) is 0 Å².